The lowest BCUT2D eigenvalue weighted by molar-refractivity contribution is 0.135. The van der Waals surface area contributed by atoms with Gasteiger partial charge in [0.1, 0.15) is 0 Å². The Morgan fingerprint density at radius 1 is 1.42 bits per heavy atom. The van der Waals surface area contributed by atoms with Gasteiger partial charge in [-0.1, -0.05) is 35.0 Å². The third kappa shape index (κ3) is 4.68. The van der Waals surface area contributed by atoms with E-state index in [2.05, 4.69) is 26.4 Å². The monoisotopic (exact) mass is 372 g/mol. The molecule has 1 N–H and O–H groups in total. The molecule has 1 saturated heterocycles. The zero-order valence-electron chi connectivity index (χ0n) is 13.6. The summed E-state index contributed by atoms with van der Waals surface area (Å²) in [7, 11) is 1.66. The number of halogens is 2. The van der Waals surface area contributed by atoms with E-state index in [1.807, 2.05) is 18.2 Å². The highest BCUT2D eigenvalue weighted by Gasteiger charge is 2.26. The Labute approximate surface area is 152 Å². The first-order valence-corrected chi connectivity index (χ1v) is 8.15. The Bertz CT molecular complexity index is 638. The Morgan fingerprint density at radius 2 is 2.25 bits per heavy atom. The molecule has 1 aromatic heterocycles. The maximum atomic E-state index is 6.37. The number of benzene rings is 1. The van der Waals surface area contributed by atoms with Gasteiger partial charge in [0.05, 0.1) is 13.2 Å². The van der Waals surface area contributed by atoms with Crippen LogP contribution in [0.25, 0.3) is 0 Å². The molecular formula is C16H22Cl2N4O2. The lowest BCUT2D eigenvalue weighted by Gasteiger charge is -2.35. The molecule has 1 aromatic carbocycles. The second kappa shape index (κ2) is 9.34. The highest BCUT2D eigenvalue weighted by atomic mass is 35.5. The van der Waals surface area contributed by atoms with E-state index >= 15 is 0 Å². The van der Waals surface area contributed by atoms with E-state index in [0.717, 1.165) is 30.2 Å². The lowest BCUT2D eigenvalue weighted by Crippen LogP contribution is -2.45. The van der Waals surface area contributed by atoms with Crippen LogP contribution < -0.4 is 5.32 Å². The number of aromatic nitrogens is 2. The summed E-state index contributed by atoms with van der Waals surface area (Å²) in [6.07, 6.45) is 0.662. The van der Waals surface area contributed by atoms with Crippen LogP contribution in [0.4, 0.5) is 0 Å². The minimum absolute atomic E-state index is 0. The first-order chi connectivity index (χ1) is 11.3. The molecule has 1 fully saturated rings. The molecule has 0 spiro atoms. The molecule has 132 valence electrons. The molecule has 1 unspecified atom stereocenters. The molecule has 0 aliphatic carbocycles. The van der Waals surface area contributed by atoms with E-state index < -0.39 is 0 Å². The van der Waals surface area contributed by atoms with Crippen LogP contribution in [0.3, 0.4) is 0 Å². The lowest BCUT2D eigenvalue weighted by atomic mass is 10.0. The summed E-state index contributed by atoms with van der Waals surface area (Å²) in [4.78, 5) is 6.76. The van der Waals surface area contributed by atoms with Crippen LogP contribution in [0.2, 0.25) is 5.02 Å². The van der Waals surface area contributed by atoms with Crippen molar-refractivity contribution in [3.8, 4) is 0 Å². The molecular weight excluding hydrogens is 351 g/mol. The van der Waals surface area contributed by atoms with Crippen LogP contribution in [-0.2, 0) is 17.7 Å². The summed E-state index contributed by atoms with van der Waals surface area (Å²) in [5.41, 5.74) is 1.13. The van der Waals surface area contributed by atoms with Gasteiger partial charge >= 0.3 is 0 Å². The number of hydrogen-bond acceptors (Lipinski definition) is 6. The Morgan fingerprint density at radius 3 is 3.04 bits per heavy atom. The van der Waals surface area contributed by atoms with Gasteiger partial charge in [-0.25, -0.2) is 0 Å². The molecule has 1 atom stereocenters. The quantitative estimate of drug-likeness (QED) is 0.840. The van der Waals surface area contributed by atoms with Crippen LogP contribution in [-0.4, -0.2) is 48.4 Å². The summed E-state index contributed by atoms with van der Waals surface area (Å²) in [5.74, 6) is 1.32. The standard InChI is InChI=1S/C16H21ClN4O2.ClH/c1-22-9-6-15-19-16(23-20-15)11-21-8-7-18-10-14(21)12-4-2-3-5-13(12)17;/h2-5,14,18H,6-11H2,1H3;1H. The van der Waals surface area contributed by atoms with Gasteiger partial charge in [-0.15, -0.1) is 12.4 Å². The van der Waals surface area contributed by atoms with Gasteiger partial charge < -0.3 is 14.6 Å². The fraction of sp³-hybridized carbons (Fsp3) is 0.500. The largest absolute Gasteiger partial charge is 0.384 e. The molecule has 0 amide bonds. The third-order valence-electron chi connectivity index (χ3n) is 4.00. The van der Waals surface area contributed by atoms with Crippen molar-refractivity contribution in [3.63, 3.8) is 0 Å². The smallest absolute Gasteiger partial charge is 0.240 e. The van der Waals surface area contributed by atoms with Gasteiger partial charge in [-0.2, -0.15) is 4.98 Å². The second-order valence-corrected chi connectivity index (χ2v) is 5.97. The van der Waals surface area contributed by atoms with E-state index in [9.17, 15) is 0 Å². The molecule has 0 saturated carbocycles. The van der Waals surface area contributed by atoms with Crippen LogP contribution in [0.5, 0.6) is 0 Å². The van der Waals surface area contributed by atoms with Crippen molar-refractivity contribution in [2.45, 2.75) is 19.0 Å². The number of methoxy groups -OCH3 is 1. The SMILES string of the molecule is COCCc1noc(CN2CCNCC2c2ccccc2Cl)n1.Cl. The highest BCUT2D eigenvalue weighted by Crippen LogP contribution is 2.29. The molecule has 6 nitrogen and oxygen atoms in total. The highest BCUT2D eigenvalue weighted by molar-refractivity contribution is 6.31. The predicted molar refractivity (Wildman–Crippen MR) is 94.6 cm³/mol. The van der Waals surface area contributed by atoms with Crippen molar-refractivity contribution >= 4 is 24.0 Å². The van der Waals surface area contributed by atoms with Crippen molar-refractivity contribution < 1.29 is 9.26 Å². The number of ether oxygens (including phenoxy) is 1. The summed E-state index contributed by atoms with van der Waals surface area (Å²) < 4.78 is 10.4. The molecule has 3 rings (SSSR count). The second-order valence-electron chi connectivity index (χ2n) is 5.56. The van der Waals surface area contributed by atoms with Gasteiger partial charge in [0, 0.05) is 44.2 Å². The van der Waals surface area contributed by atoms with Gasteiger partial charge in [0.25, 0.3) is 0 Å². The molecule has 0 radical (unpaired) electrons. The minimum atomic E-state index is 0. The topological polar surface area (TPSA) is 63.4 Å². The maximum absolute atomic E-state index is 6.37. The summed E-state index contributed by atoms with van der Waals surface area (Å²) in [6.45, 7) is 3.91. The molecule has 1 aliphatic rings. The van der Waals surface area contributed by atoms with Crippen LogP contribution in [0.1, 0.15) is 23.3 Å². The van der Waals surface area contributed by atoms with Gasteiger partial charge in [0.15, 0.2) is 5.82 Å². The maximum Gasteiger partial charge on any atom is 0.240 e. The normalized spacial score (nSPS) is 18.3. The van der Waals surface area contributed by atoms with Crippen LogP contribution >= 0.6 is 24.0 Å². The molecule has 2 heterocycles. The van der Waals surface area contributed by atoms with Crippen molar-refractivity contribution in [1.29, 1.82) is 0 Å². The number of rotatable bonds is 6. The predicted octanol–water partition coefficient (Wildman–Crippen LogP) is 2.48. The van der Waals surface area contributed by atoms with Crippen LogP contribution in [0, 0.1) is 0 Å². The molecule has 24 heavy (non-hydrogen) atoms. The molecule has 2 aromatic rings. The van der Waals surface area contributed by atoms with Gasteiger partial charge in [-0.05, 0) is 11.6 Å². The van der Waals surface area contributed by atoms with Crippen molar-refractivity contribution in [3.05, 3.63) is 46.6 Å². The van der Waals surface area contributed by atoms with Gasteiger partial charge in [0.2, 0.25) is 5.89 Å². The fourth-order valence-corrected chi connectivity index (χ4v) is 3.07. The summed E-state index contributed by atoms with van der Waals surface area (Å²) in [6, 6.07) is 8.17. The van der Waals surface area contributed by atoms with E-state index in [0.29, 0.717) is 31.3 Å². The number of nitrogens with zero attached hydrogens (tertiary/aromatic N) is 3. The summed E-state index contributed by atoms with van der Waals surface area (Å²) >= 11 is 6.37. The zero-order valence-corrected chi connectivity index (χ0v) is 15.1. The first-order valence-electron chi connectivity index (χ1n) is 7.77. The van der Waals surface area contributed by atoms with E-state index in [-0.39, 0.29) is 18.4 Å². The van der Waals surface area contributed by atoms with E-state index in [1.54, 1.807) is 7.11 Å². The minimum Gasteiger partial charge on any atom is -0.384 e. The zero-order chi connectivity index (χ0) is 16.1. The molecule has 1 aliphatic heterocycles. The fourth-order valence-electron chi connectivity index (χ4n) is 2.81. The van der Waals surface area contributed by atoms with E-state index in [4.69, 9.17) is 20.9 Å². The van der Waals surface area contributed by atoms with Crippen LogP contribution in [0.15, 0.2) is 28.8 Å². The first kappa shape index (κ1) is 19.1. The molecule has 0 bridgehead atoms. The van der Waals surface area contributed by atoms with Crippen molar-refractivity contribution in [1.82, 2.24) is 20.4 Å². The Hall–Kier alpha value is -1.18. The number of hydrogen-bond donors (Lipinski definition) is 1. The average molecular weight is 373 g/mol. The van der Waals surface area contributed by atoms with Crippen molar-refractivity contribution in [2.75, 3.05) is 33.4 Å². The number of piperazine rings is 1. The van der Waals surface area contributed by atoms with E-state index in [1.165, 1.54) is 0 Å². The Balaban J connectivity index is 0.00000208. The average Bonchev–Trinajstić information content (AvgIpc) is 3.02. The third-order valence-corrected chi connectivity index (χ3v) is 4.34. The number of nitrogens with one attached hydrogen (secondary N) is 1. The Kier molecular flexibility index (Phi) is 7.45. The van der Waals surface area contributed by atoms with Gasteiger partial charge in [-0.3, -0.25) is 4.90 Å². The van der Waals surface area contributed by atoms with Crippen molar-refractivity contribution in [2.24, 2.45) is 0 Å². The molecule has 8 heteroatoms. The summed E-state index contributed by atoms with van der Waals surface area (Å²) in [5, 5.41) is 8.22.